The molecule has 0 aliphatic heterocycles. The molecule has 0 aliphatic rings. The van der Waals surface area contributed by atoms with Crippen LogP contribution in [-0.4, -0.2) is 22.1 Å². The van der Waals surface area contributed by atoms with Gasteiger partial charge < -0.3 is 15.6 Å². The number of nitrogens with one attached hydrogen (secondary N) is 1. The lowest BCUT2D eigenvalue weighted by molar-refractivity contribution is 0.396. The lowest BCUT2D eigenvalue weighted by Crippen LogP contribution is -2.36. The van der Waals surface area contributed by atoms with Gasteiger partial charge in [0.25, 0.3) is 0 Å². The van der Waals surface area contributed by atoms with Crippen molar-refractivity contribution >= 4 is 11.0 Å². The Hall–Kier alpha value is -1.39. The second-order valence-electron chi connectivity index (χ2n) is 6.00. The summed E-state index contributed by atoms with van der Waals surface area (Å²) in [5.41, 5.74) is 9.40. The van der Waals surface area contributed by atoms with Gasteiger partial charge in [-0.2, -0.15) is 0 Å². The molecule has 19 heavy (non-hydrogen) atoms. The van der Waals surface area contributed by atoms with Gasteiger partial charge in [-0.1, -0.05) is 6.07 Å². The van der Waals surface area contributed by atoms with Gasteiger partial charge in [0.1, 0.15) is 5.82 Å². The Balaban J connectivity index is 2.39. The number of imidazole rings is 1. The van der Waals surface area contributed by atoms with Crippen molar-refractivity contribution in [3.05, 3.63) is 29.6 Å². The molecule has 0 fully saturated rings. The molecule has 2 rings (SSSR count). The molecule has 1 aromatic carbocycles. The Morgan fingerprint density at radius 3 is 2.68 bits per heavy atom. The maximum absolute atomic E-state index is 6.13. The smallest absolute Gasteiger partial charge is 0.106 e. The normalized spacial score (nSPS) is 14.0. The fourth-order valence-corrected chi connectivity index (χ4v) is 2.47. The highest BCUT2D eigenvalue weighted by Crippen LogP contribution is 2.25. The Morgan fingerprint density at radius 1 is 1.42 bits per heavy atom. The number of nitrogens with two attached hydrogens (primary N) is 1. The summed E-state index contributed by atoms with van der Waals surface area (Å²) in [5, 5.41) is 3.35. The second-order valence-corrected chi connectivity index (χ2v) is 6.00. The van der Waals surface area contributed by atoms with E-state index >= 15 is 0 Å². The minimum Gasteiger partial charge on any atom is -0.331 e. The van der Waals surface area contributed by atoms with Crippen molar-refractivity contribution in [3.63, 3.8) is 0 Å². The molecule has 104 valence electrons. The van der Waals surface area contributed by atoms with Gasteiger partial charge in [-0.15, -0.1) is 0 Å². The van der Waals surface area contributed by atoms with Gasteiger partial charge in [0, 0.05) is 18.6 Å². The van der Waals surface area contributed by atoms with E-state index in [2.05, 4.69) is 46.9 Å². The molecule has 0 aliphatic carbocycles. The van der Waals surface area contributed by atoms with Crippen LogP contribution < -0.4 is 11.1 Å². The Kier molecular flexibility index (Phi) is 3.65. The summed E-state index contributed by atoms with van der Waals surface area (Å²) in [4.78, 5) is 4.59. The average molecular weight is 260 g/mol. The van der Waals surface area contributed by atoms with Crippen molar-refractivity contribution in [2.45, 2.75) is 38.8 Å². The van der Waals surface area contributed by atoms with Crippen LogP contribution in [0.5, 0.6) is 0 Å². The van der Waals surface area contributed by atoms with Crippen LogP contribution in [0.2, 0.25) is 0 Å². The van der Waals surface area contributed by atoms with Crippen molar-refractivity contribution in [1.82, 2.24) is 14.9 Å². The number of aryl methyl sites for hydroxylation is 2. The first-order chi connectivity index (χ1) is 8.81. The second kappa shape index (κ2) is 4.94. The lowest BCUT2D eigenvalue weighted by Gasteiger charge is -2.26. The minimum atomic E-state index is -0.192. The van der Waals surface area contributed by atoms with E-state index in [0.717, 1.165) is 17.8 Å². The Bertz CT molecular complexity index is 578. The Morgan fingerprint density at radius 2 is 2.11 bits per heavy atom. The van der Waals surface area contributed by atoms with Crippen LogP contribution in [0.25, 0.3) is 11.0 Å². The lowest BCUT2D eigenvalue weighted by atomic mass is 9.92. The van der Waals surface area contributed by atoms with Gasteiger partial charge >= 0.3 is 0 Å². The third-order valence-electron chi connectivity index (χ3n) is 3.61. The minimum absolute atomic E-state index is 0.192. The van der Waals surface area contributed by atoms with Crippen LogP contribution in [0, 0.1) is 6.92 Å². The van der Waals surface area contributed by atoms with E-state index in [1.807, 2.05) is 21.0 Å². The van der Waals surface area contributed by atoms with Crippen LogP contribution in [0.3, 0.4) is 0 Å². The summed E-state index contributed by atoms with van der Waals surface area (Å²) in [5.74, 6) is 1.03. The summed E-state index contributed by atoms with van der Waals surface area (Å²) < 4.78 is 2.11. The molecule has 1 aromatic heterocycles. The largest absolute Gasteiger partial charge is 0.331 e. The number of fused-ring (bicyclic) bond motifs is 1. The number of hydrogen-bond donors (Lipinski definition) is 2. The number of benzene rings is 1. The molecule has 0 spiro atoms. The zero-order chi connectivity index (χ0) is 14.2. The molecule has 1 heterocycles. The van der Waals surface area contributed by atoms with Crippen LogP contribution in [0.4, 0.5) is 0 Å². The van der Waals surface area contributed by atoms with Crippen molar-refractivity contribution in [2.75, 3.05) is 7.05 Å². The van der Waals surface area contributed by atoms with Crippen molar-refractivity contribution in [3.8, 4) is 0 Å². The summed E-state index contributed by atoms with van der Waals surface area (Å²) in [6, 6.07) is 6.72. The zero-order valence-electron chi connectivity index (χ0n) is 12.5. The standard InChI is InChI=1S/C15H24N4/c1-10-18-12-8-11(6-7-14(12)19(10)5)13(17-4)9-15(2,3)16/h6-8,13,17H,9,16H2,1-5H3. The summed E-state index contributed by atoms with van der Waals surface area (Å²) in [6.07, 6.45) is 0.890. The van der Waals surface area contributed by atoms with E-state index < -0.39 is 0 Å². The molecule has 0 saturated heterocycles. The third kappa shape index (κ3) is 2.96. The predicted molar refractivity (Wildman–Crippen MR) is 80.1 cm³/mol. The highest BCUT2D eigenvalue weighted by Gasteiger charge is 2.20. The van der Waals surface area contributed by atoms with E-state index in [9.17, 15) is 0 Å². The van der Waals surface area contributed by atoms with Gasteiger partial charge in [0.2, 0.25) is 0 Å². The molecule has 1 atom stereocenters. The molecule has 0 amide bonds. The van der Waals surface area contributed by atoms with Gasteiger partial charge in [-0.25, -0.2) is 4.98 Å². The molecule has 4 heteroatoms. The van der Waals surface area contributed by atoms with E-state index in [0.29, 0.717) is 0 Å². The first-order valence-corrected chi connectivity index (χ1v) is 6.71. The first-order valence-electron chi connectivity index (χ1n) is 6.71. The number of nitrogens with zero attached hydrogens (tertiary/aromatic N) is 2. The fraction of sp³-hybridized carbons (Fsp3) is 0.533. The highest BCUT2D eigenvalue weighted by atomic mass is 15.0. The molecular formula is C15H24N4. The molecule has 0 bridgehead atoms. The number of hydrogen-bond acceptors (Lipinski definition) is 3. The highest BCUT2D eigenvalue weighted by molar-refractivity contribution is 5.76. The monoisotopic (exact) mass is 260 g/mol. The summed E-state index contributed by atoms with van der Waals surface area (Å²) in [6.45, 7) is 6.14. The van der Waals surface area contributed by atoms with E-state index in [1.165, 1.54) is 11.1 Å². The van der Waals surface area contributed by atoms with Gasteiger partial charge in [-0.05, 0) is 51.9 Å². The van der Waals surface area contributed by atoms with Crippen molar-refractivity contribution in [1.29, 1.82) is 0 Å². The zero-order valence-corrected chi connectivity index (χ0v) is 12.5. The molecule has 0 radical (unpaired) electrons. The van der Waals surface area contributed by atoms with Crippen LogP contribution in [0.1, 0.15) is 37.7 Å². The first kappa shape index (κ1) is 14.0. The third-order valence-corrected chi connectivity index (χ3v) is 3.61. The molecular weight excluding hydrogens is 236 g/mol. The van der Waals surface area contributed by atoms with Crippen LogP contribution >= 0.6 is 0 Å². The predicted octanol–water partition coefficient (Wildman–Crippen LogP) is 2.27. The van der Waals surface area contributed by atoms with Gasteiger partial charge in [-0.3, -0.25) is 0 Å². The average Bonchev–Trinajstić information content (AvgIpc) is 2.60. The number of aromatic nitrogens is 2. The van der Waals surface area contributed by atoms with E-state index in [-0.39, 0.29) is 11.6 Å². The van der Waals surface area contributed by atoms with Gasteiger partial charge in [0.05, 0.1) is 11.0 Å². The maximum Gasteiger partial charge on any atom is 0.106 e. The van der Waals surface area contributed by atoms with Crippen molar-refractivity contribution < 1.29 is 0 Å². The maximum atomic E-state index is 6.13. The SMILES string of the molecule is CNC(CC(C)(C)N)c1ccc2c(c1)nc(C)n2C. The summed E-state index contributed by atoms with van der Waals surface area (Å²) >= 11 is 0. The Labute approximate surface area is 115 Å². The fourth-order valence-electron chi connectivity index (χ4n) is 2.47. The topological polar surface area (TPSA) is 55.9 Å². The van der Waals surface area contributed by atoms with Gasteiger partial charge in [0.15, 0.2) is 0 Å². The van der Waals surface area contributed by atoms with E-state index in [1.54, 1.807) is 0 Å². The molecule has 4 nitrogen and oxygen atoms in total. The van der Waals surface area contributed by atoms with E-state index in [4.69, 9.17) is 5.73 Å². The molecule has 2 aromatic rings. The summed E-state index contributed by atoms with van der Waals surface area (Å²) in [7, 11) is 4.02. The van der Waals surface area contributed by atoms with Crippen LogP contribution in [-0.2, 0) is 7.05 Å². The molecule has 1 unspecified atom stereocenters. The number of rotatable bonds is 4. The quantitative estimate of drug-likeness (QED) is 0.886. The van der Waals surface area contributed by atoms with Crippen LogP contribution in [0.15, 0.2) is 18.2 Å². The van der Waals surface area contributed by atoms with Crippen molar-refractivity contribution in [2.24, 2.45) is 12.8 Å². The molecule has 0 saturated carbocycles. The molecule has 3 N–H and O–H groups in total.